The number of carbonyl (C=O) groups excluding carboxylic acids is 1. The summed E-state index contributed by atoms with van der Waals surface area (Å²) in [6.45, 7) is 6.98. The van der Waals surface area contributed by atoms with Crippen LogP contribution in [0.5, 0.6) is 0 Å². The standard InChI is InChI=1S/C18H23N3O2/c1-4-14-6-5-12(2)21(11-14)18(22)16-9-7-15(8-10-16)17-19-13(3)20-23-17/h7-10,12,14H,4-6,11H2,1-3H3/t12-,14+/m1/s1. The van der Waals surface area contributed by atoms with E-state index in [1.807, 2.05) is 29.2 Å². The number of amides is 1. The molecular weight excluding hydrogens is 290 g/mol. The maximum Gasteiger partial charge on any atom is 0.257 e. The van der Waals surface area contributed by atoms with E-state index in [4.69, 9.17) is 4.52 Å². The highest BCUT2D eigenvalue weighted by Gasteiger charge is 2.28. The minimum absolute atomic E-state index is 0.115. The first-order valence-electron chi connectivity index (χ1n) is 8.30. The van der Waals surface area contributed by atoms with Gasteiger partial charge in [-0.2, -0.15) is 4.98 Å². The van der Waals surface area contributed by atoms with E-state index in [9.17, 15) is 4.79 Å². The largest absolute Gasteiger partial charge is 0.336 e. The SMILES string of the molecule is CC[C@H]1CC[C@@H](C)N(C(=O)c2ccc(-c3nc(C)no3)cc2)C1. The summed E-state index contributed by atoms with van der Waals surface area (Å²) >= 11 is 0. The zero-order chi connectivity index (χ0) is 16.4. The highest BCUT2D eigenvalue weighted by Crippen LogP contribution is 2.26. The minimum atomic E-state index is 0.115. The predicted molar refractivity (Wildman–Crippen MR) is 88.0 cm³/mol. The van der Waals surface area contributed by atoms with Crippen molar-refractivity contribution in [2.45, 2.75) is 46.1 Å². The Kier molecular flexibility index (Phi) is 4.46. The summed E-state index contributed by atoms with van der Waals surface area (Å²) in [5, 5.41) is 3.79. The van der Waals surface area contributed by atoms with E-state index in [0.717, 1.165) is 24.9 Å². The third-order valence-corrected chi connectivity index (χ3v) is 4.72. The van der Waals surface area contributed by atoms with Crippen LogP contribution in [0.15, 0.2) is 28.8 Å². The smallest absolute Gasteiger partial charge is 0.257 e. The Morgan fingerprint density at radius 1 is 1.30 bits per heavy atom. The van der Waals surface area contributed by atoms with Crippen molar-refractivity contribution in [3.05, 3.63) is 35.7 Å². The van der Waals surface area contributed by atoms with Crippen LogP contribution in [0, 0.1) is 12.8 Å². The summed E-state index contributed by atoms with van der Waals surface area (Å²) in [5.41, 5.74) is 1.55. The van der Waals surface area contributed by atoms with Crippen molar-refractivity contribution in [3.8, 4) is 11.5 Å². The van der Waals surface area contributed by atoms with E-state index in [2.05, 4.69) is 24.0 Å². The maximum absolute atomic E-state index is 12.8. The molecule has 1 amide bonds. The molecule has 23 heavy (non-hydrogen) atoms. The number of likely N-dealkylation sites (tertiary alicyclic amines) is 1. The fraction of sp³-hybridized carbons (Fsp3) is 0.500. The topological polar surface area (TPSA) is 59.2 Å². The van der Waals surface area contributed by atoms with Crippen molar-refractivity contribution in [3.63, 3.8) is 0 Å². The highest BCUT2D eigenvalue weighted by molar-refractivity contribution is 5.94. The lowest BCUT2D eigenvalue weighted by Crippen LogP contribution is -2.45. The lowest BCUT2D eigenvalue weighted by atomic mass is 9.91. The second-order valence-corrected chi connectivity index (χ2v) is 6.38. The van der Waals surface area contributed by atoms with Crippen LogP contribution in [-0.4, -0.2) is 33.5 Å². The molecule has 1 aliphatic heterocycles. The Morgan fingerprint density at radius 3 is 2.65 bits per heavy atom. The molecule has 1 aromatic carbocycles. The minimum Gasteiger partial charge on any atom is -0.336 e. The average molecular weight is 313 g/mol. The molecule has 1 aromatic heterocycles. The Balaban J connectivity index is 1.77. The van der Waals surface area contributed by atoms with Gasteiger partial charge in [0, 0.05) is 23.7 Å². The number of rotatable bonds is 3. The molecule has 0 unspecified atom stereocenters. The number of aryl methyl sites for hydroxylation is 1. The molecular formula is C18H23N3O2. The van der Waals surface area contributed by atoms with Gasteiger partial charge in [0.1, 0.15) is 0 Å². The van der Waals surface area contributed by atoms with Gasteiger partial charge in [-0.3, -0.25) is 4.79 Å². The van der Waals surface area contributed by atoms with Crippen LogP contribution in [0.3, 0.4) is 0 Å². The first kappa shape index (κ1) is 15.7. The van der Waals surface area contributed by atoms with Gasteiger partial charge in [0.05, 0.1) is 0 Å². The zero-order valence-electron chi connectivity index (χ0n) is 14.0. The lowest BCUT2D eigenvalue weighted by molar-refractivity contribution is 0.0556. The van der Waals surface area contributed by atoms with Crippen LogP contribution in [0.1, 0.15) is 49.3 Å². The van der Waals surface area contributed by atoms with Gasteiger partial charge in [0.15, 0.2) is 5.82 Å². The second kappa shape index (κ2) is 6.52. The molecule has 0 aliphatic carbocycles. The van der Waals surface area contributed by atoms with E-state index in [-0.39, 0.29) is 5.91 Å². The van der Waals surface area contributed by atoms with Crippen molar-refractivity contribution in [2.24, 2.45) is 5.92 Å². The highest BCUT2D eigenvalue weighted by atomic mass is 16.5. The van der Waals surface area contributed by atoms with Crippen LogP contribution >= 0.6 is 0 Å². The fourth-order valence-corrected chi connectivity index (χ4v) is 3.13. The van der Waals surface area contributed by atoms with E-state index in [0.29, 0.717) is 29.2 Å². The lowest BCUT2D eigenvalue weighted by Gasteiger charge is -2.38. The molecule has 2 heterocycles. The number of carbonyl (C=O) groups is 1. The summed E-state index contributed by atoms with van der Waals surface area (Å²) in [6.07, 6.45) is 3.44. The van der Waals surface area contributed by atoms with Gasteiger partial charge in [0.2, 0.25) is 0 Å². The van der Waals surface area contributed by atoms with Gasteiger partial charge < -0.3 is 9.42 Å². The second-order valence-electron chi connectivity index (χ2n) is 6.38. The summed E-state index contributed by atoms with van der Waals surface area (Å²) in [4.78, 5) is 19.0. The van der Waals surface area contributed by atoms with Crippen LogP contribution in [0.2, 0.25) is 0 Å². The molecule has 1 aliphatic rings. The summed E-state index contributed by atoms with van der Waals surface area (Å²) in [5.74, 6) is 1.83. The Labute approximate surface area is 136 Å². The number of piperidine rings is 1. The summed E-state index contributed by atoms with van der Waals surface area (Å²) in [6, 6.07) is 7.74. The fourth-order valence-electron chi connectivity index (χ4n) is 3.13. The van der Waals surface area contributed by atoms with Gasteiger partial charge in [-0.15, -0.1) is 0 Å². The summed E-state index contributed by atoms with van der Waals surface area (Å²) in [7, 11) is 0. The van der Waals surface area contributed by atoms with E-state index in [1.165, 1.54) is 6.42 Å². The number of aromatic nitrogens is 2. The third kappa shape index (κ3) is 3.28. The molecule has 0 spiro atoms. The predicted octanol–water partition coefficient (Wildman–Crippen LogP) is 3.70. The van der Waals surface area contributed by atoms with Gasteiger partial charge in [-0.25, -0.2) is 0 Å². The quantitative estimate of drug-likeness (QED) is 0.867. The number of nitrogens with zero attached hydrogens (tertiary/aromatic N) is 3. The van der Waals surface area contributed by atoms with Crippen LogP contribution < -0.4 is 0 Å². The molecule has 1 saturated heterocycles. The van der Waals surface area contributed by atoms with Crippen molar-refractivity contribution >= 4 is 5.91 Å². The maximum atomic E-state index is 12.8. The number of benzene rings is 1. The molecule has 1 fully saturated rings. The van der Waals surface area contributed by atoms with Crippen LogP contribution in [-0.2, 0) is 0 Å². The van der Waals surface area contributed by atoms with E-state index in [1.54, 1.807) is 6.92 Å². The van der Waals surface area contributed by atoms with Crippen molar-refractivity contribution in [1.29, 1.82) is 0 Å². The summed E-state index contributed by atoms with van der Waals surface area (Å²) < 4.78 is 5.16. The van der Waals surface area contributed by atoms with Crippen LogP contribution in [0.25, 0.3) is 11.5 Å². The van der Waals surface area contributed by atoms with Gasteiger partial charge in [-0.1, -0.05) is 18.5 Å². The molecule has 5 nitrogen and oxygen atoms in total. The molecule has 3 rings (SSSR count). The molecule has 0 radical (unpaired) electrons. The normalized spacial score (nSPS) is 21.4. The Hall–Kier alpha value is -2.17. The number of hydrogen-bond donors (Lipinski definition) is 0. The van der Waals surface area contributed by atoms with Gasteiger partial charge in [-0.05, 0) is 56.9 Å². The first-order chi connectivity index (χ1) is 11.1. The van der Waals surface area contributed by atoms with Crippen LogP contribution in [0.4, 0.5) is 0 Å². The number of hydrogen-bond acceptors (Lipinski definition) is 4. The Bertz CT molecular complexity index is 678. The molecule has 5 heteroatoms. The molecule has 0 saturated carbocycles. The van der Waals surface area contributed by atoms with Crippen molar-refractivity contribution < 1.29 is 9.32 Å². The zero-order valence-corrected chi connectivity index (χ0v) is 14.0. The van der Waals surface area contributed by atoms with E-state index >= 15 is 0 Å². The molecule has 122 valence electrons. The van der Waals surface area contributed by atoms with Crippen molar-refractivity contribution in [1.82, 2.24) is 15.0 Å². The Morgan fingerprint density at radius 2 is 2.04 bits per heavy atom. The average Bonchev–Trinajstić information content (AvgIpc) is 3.01. The third-order valence-electron chi connectivity index (χ3n) is 4.72. The van der Waals surface area contributed by atoms with E-state index < -0.39 is 0 Å². The molecule has 2 aromatic rings. The first-order valence-corrected chi connectivity index (χ1v) is 8.30. The molecule has 0 N–H and O–H groups in total. The van der Waals surface area contributed by atoms with Gasteiger partial charge in [0.25, 0.3) is 11.8 Å². The van der Waals surface area contributed by atoms with Crippen molar-refractivity contribution in [2.75, 3.05) is 6.54 Å². The molecule has 2 atom stereocenters. The van der Waals surface area contributed by atoms with Gasteiger partial charge >= 0.3 is 0 Å². The monoisotopic (exact) mass is 313 g/mol. The molecule has 0 bridgehead atoms.